The number of benzene rings is 1. The second-order valence-electron chi connectivity index (χ2n) is 4.25. The number of aliphatic hydroxyl groups is 2. The number of phenols is 2. The molecule has 0 spiro atoms. The van der Waals surface area contributed by atoms with Crippen LogP contribution >= 0.6 is 0 Å². The fourth-order valence-corrected chi connectivity index (χ4v) is 1.83. The molecule has 106 valence electrons. The van der Waals surface area contributed by atoms with Crippen LogP contribution in [0.3, 0.4) is 0 Å². The van der Waals surface area contributed by atoms with Crippen LogP contribution in [-0.4, -0.2) is 46.0 Å². The number of Topliss-reactive ketones (excluding diaryl/α,β-unsaturated/α-hetero) is 1. The van der Waals surface area contributed by atoms with Gasteiger partial charge in [-0.25, -0.2) is 0 Å². The van der Waals surface area contributed by atoms with Gasteiger partial charge in [0.25, 0.3) is 0 Å². The van der Waals surface area contributed by atoms with E-state index in [0.717, 1.165) is 0 Å². The van der Waals surface area contributed by atoms with Gasteiger partial charge in [0.15, 0.2) is 5.78 Å². The van der Waals surface area contributed by atoms with Crippen molar-refractivity contribution in [1.82, 2.24) is 0 Å². The van der Waals surface area contributed by atoms with Crippen molar-refractivity contribution in [3.8, 4) is 17.2 Å². The Labute approximate surface area is 110 Å². The zero-order chi connectivity index (χ0) is 14.6. The fraction of sp³-hybridized carbons (Fsp3) is 0.462. The molecule has 0 radical (unpaired) electrons. The van der Waals surface area contributed by atoms with Crippen molar-refractivity contribution < 1.29 is 30.0 Å². The number of hydrogen-bond acceptors (Lipinski definition) is 6. The van der Waals surface area contributed by atoms with E-state index in [2.05, 4.69) is 0 Å². The van der Waals surface area contributed by atoms with Crippen molar-refractivity contribution >= 4 is 5.78 Å². The first kappa shape index (κ1) is 15.3. The molecular formula is C13H18O6. The number of carbonyl (C=O) groups is 1. The lowest BCUT2D eigenvalue weighted by molar-refractivity contribution is 0.0895. The first-order valence-corrected chi connectivity index (χ1v) is 5.86. The maximum atomic E-state index is 12.0. The van der Waals surface area contributed by atoms with Crippen LogP contribution in [0.5, 0.6) is 17.2 Å². The fourth-order valence-electron chi connectivity index (χ4n) is 1.83. The van der Waals surface area contributed by atoms with Crippen LogP contribution in [0.25, 0.3) is 0 Å². The summed E-state index contributed by atoms with van der Waals surface area (Å²) in [6.07, 6.45) is -1.02. The minimum absolute atomic E-state index is 0.0105. The SMILES string of the molecule is COc1cc(O)c(CCO)c(O)c1C(=O)C[C@@H](C)O. The van der Waals surface area contributed by atoms with Gasteiger partial charge in [-0.15, -0.1) is 0 Å². The van der Waals surface area contributed by atoms with Crippen molar-refractivity contribution in [1.29, 1.82) is 0 Å². The summed E-state index contributed by atoms with van der Waals surface area (Å²) in [5, 5.41) is 37.9. The largest absolute Gasteiger partial charge is 0.507 e. The predicted molar refractivity (Wildman–Crippen MR) is 67.7 cm³/mol. The highest BCUT2D eigenvalue weighted by Gasteiger charge is 2.23. The Balaban J connectivity index is 3.34. The molecule has 1 atom stereocenters. The van der Waals surface area contributed by atoms with Crippen molar-refractivity contribution in [2.24, 2.45) is 0 Å². The second kappa shape index (κ2) is 6.40. The zero-order valence-corrected chi connectivity index (χ0v) is 10.9. The molecule has 0 aromatic heterocycles. The van der Waals surface area contributed by atoms with E-state index in [0.29, 0.717) is 0 Å². The molecule has 0 aliphatic carbocycles. The molecule has 6 heteroatoms. The highest BCUT2D eigenvalue weighted by Crippen LogP contribution is 2.39. The van der Waals surface area contributed by atoms with Gasteiger partial charge in [0.05, 0.1) is 13.2 Å². The average molecular weight is 270 g/mol. The second-order valence-corrected chi connectivity index (χ2v) is 4.25. The van der Waals surface area contributed by atoms with Crippen LogP contribution in [-0.2, 0) is 6.42 Å². The monoisotopic (exact) mass is 270 g/mol. The van der Waals surface area contributed by atoms with Gasteiger partial charge in [0, 0.05) is 31.1 Å². The Morgan fingerprint density at radius 1 is 1.42 bits per heavy atom. The Kier molecular flexibility index (Phi) is 5.14. The third-order valence-electron chi connectivity index (χ3n) is 2.69. The van der Waals surface area contributed by atoms with Crippen LogP contribution in [0.15, 0.2) is 6.07 Å². The summed E-state index contributed by atoms with van der Waals surface area (Å²) in [7, 11) is 1.30. The summed E-state index contributed by atoms with van der Waals surface area (Å²) in [5.74, 6) is -1.14. The lowest BCUT2D eigenvalue weighted by Crippen LogP contribution is -2.12. The molecule has 1 rings (SSSR count). The Morgan fingerprint density at radius 2 is 2.05 bits per heavy atom. The summed E-state index contributed by atoms with van der Waals surface area (Å²) in [4.78, 5) is 12.0. The van der Waals surface area contributed by atoms with Gasteiger partial charge in [0.2, 0.25) is 0 Å². The highest BCUT2D eigenvalue weighted by atomic mass is 16.5. The number of hydrogen-bond donors (Lipinski definition) is 4. The van der Waals surface area contributed by atoms with Crippen molar-refractivity contribution in [3.05, 3.63) is 17.2 Å². The summed E-state index contributed by atoms with van der Waals surface area (Å²) < 4.78 is 4.96. The molecule has 0 fully saturated rings. The molecule has 1 aromatic rings. The van der Waals surface area contributed by atoms with E-state index in [-0.39, 0.29) is 42.1 Å². The standard InChI is InChI=1S/C13H18O6/c1-7(15)5-10(17)12-11(19-2)6-9(16)8(3-4-14)13(12)18/h6-7,14-16,18H,3-5H2,1-2H3/t7-/m1/s1. The quantitative estimate of drug-likeness (QED) is 0.564. The molecule has 0 amide bonds. The van der Waals surface area contributed by atoms with Crippen LogP contribution in [0.2, 0.25) is 0 Å². The minimum Gasteiger partial charge on any atom is -0.507 e. The summed E-state index contributed by atoms with van der Waals surface area (Å²) in [6, 6.07) is 1.21. The van der Waals surface area contributed by atoms with Gasteiger partial charge in [-0.05, 0) is 6.92 Å². The molecule has 1 aromatic carbocycles. The number of ether oxygens (including phenoxy) is 1. The number of methoxy groups -OCH3 is 1. The number of aromatic hydroxyl groups is 2. The smallest absolute Gasteiger partial charge is 0.172 e. The molecule has 0 aliphatic heterocycles. The third-order valence-corrected chi connectivity index (χ3v) is 2.69. The van der Waals surface area contributed by atoms with Crippen molar-refractivity contribution in [2.45, 2.75) is 25.9 Å². The van der Waals surface area contributed by atoms with E-state index >= 15 is 0 Å². The average Bonchev–Trinajstić information content (AvgIpc) is 2.32. The first-order chi connectivity index (χ1) is 8.92. The number of ketones is 1. The number of rotatable bonds is 6. The molecule has 4 N–H and O–H groups in total. The van der Waals surface area contributed by atoms with Crippen LogP contribution < -0.4 is 4.74 Å². The van der Waals surface area contributed by atoms with Gasteiger partial charge >= 0.3 is 0 Å². The van der Waals surface area contributed by atoms with Gasteiger partial charge < -0.3 is 25.2 Å². The number of aliphatic hydroxyl groups excluding tert-OH is 2. The molecule has 0 aliphatic rings. The van der Waals surface area contributed by atoms with E-state index < -0.39 is 17.6 Å². The number of phenolic OH excluding ortho intramolecular Hbond substituents is 2. The maximum Gasteiger partial charge on any atom is 0.172 e. The zero-order valence-electron chi connectivity index (χ0n) is 10.9. The lowest BCUT2D eigenvalue weighted by atomic mass is 9.98. The molecule has 0 heterocycles. The number of carbonyl (C=O) groups excluding carboxylic acids is 1. The molecule has 0 saturated heterocycles. The summed E-state index contributed by atoms with van der Waals surface area (Å²) in [5.41, 5.74) is -0.0121. The normalized spacial score (nSPS) is 12.2. The van der Waals surface area contributed by atoms with Crippen LogP contribution in [0, 0.1) is 0 Å². The molecule has 19 heavy (non-hydrogen) atoms. The van der Waals surface area contributed by atoms with Gasteiger partial charge in [0.1, 0.15) is 22.8 Å². The topological polar surface area (TPSA) is 107 Å². The third kappa shape index (κ3) is 3.36. The van der Waals surface area contributed by atoms with E-state index in [4.69, 9.17) is 9.84 Å². The predicted octanol–water partition coefficient (Wildman–Crippen LogP) is 0.595. The van der Waals surface area contributed by atoms with E-state index in [1.165, 1.54) is 20.1 Å². The molecule has 0 saturated carbocycles. The van der Waals surface area contributed by atoms with E-state index in [1.54, 1.807) is 0 Å². The minimum atomic E-state index is -0.855. The van der Waals surface area contributed by atoms with Crippen molar-refractivity contribution in [3.63, 3.8) is 0 Å². The Hall–Kier alpha value is -1.79. The first-order valence-electron chi connectivity index (χ1n) is 5.86. The highest BCUT2D eigenvalue weighted by molar-refractivity contribution is 6.02. The molecule has 0 unspecified atom stereocenters. The molecular weight excluding hydrogens is 252 g/mol. The van der Waals surface area contributed by atoms with Crippen molar-refractivity contribution in [2.75, 3.05) is 13.7 Å². The van der Waals surface area contributed by atoms with Gasteiger partial charge in [-0.3, -0.25) is 4.79 Å². The lowest BCUT2D eigenvalue weighted by Gasteiger charge is -2.15. The van der Waals surface area contributed by atoms with Gasteiger partial charge in [-0.1, -0.05) is 0 Å². The Bertz CT molecular complexity index is 467. The Morgan fingerprint density at radius 3 is 2.53 bits per heavy atom. The summed E-state index contributed by atoms with van der Waals surface area (Å²) >= 11 is 0. The van der Waals surface area contributed by atoms with Crippen LogP contribution in [0.1, 0.15) is 29.3 Å². The molecule has 6 nitrogen and oxygen atoms in total. The van der Waals surface area contributed by atoms with Gasteiger partial charge in [-0.2, -0.15) is 0 Å². The van der Waals surface area contributed by atoms with E-state index in [1.807, 2.05) is 0 Å². The summed E-state index contributed by atoms with van der Waals surface area (Å²) in [6.45, 7) is 1.17. The maximum absolute atomic E-state index is 12.0. The van der Waals surface area contributed by atoms with E-state index in [9.17, 15) is 20.1 Å². The molecule has 0 bridgehead atoms. The van der Waals surface area contributed by atoms with Crippen LogP contribution in [0.4, 0.5) is 0 Å².